The van der Waals surface area contributed by atoms with Crippen LogP contribution in [0.3, 0.4) is 0 Å². The van der Waals surface area contributed by atoms with Crippen molar-refractivity contribution in [2.24, 2.45) is 0 Å². The fourth-order valence-electron chi connectivity index (χ4n) is 1.81. The normalized spacial score (nSPS) is 9.85. The van der Waals surface area contributed by atoms with Crippen LogP contribution in [0.15, 0.2) is 42.5 Å². The number of benzene rings is 2. The van der Waals surface area contributed by atoms with Gasteiger partial charge in [-0.15, -0.1) is 0 Å². The molecule has 2 rings (SSSR count). The summed E-state index contributed by atoms with van der Waals surface area (Å²) in [4.78, 5) is 11.5. The van der Waals surface area contributed by atoms with E-state index in [2.05, 4.69) is 6.07 Å². The number of ketones is 1. The molecule has 0 heterocycles. The minimum Gasteiger partial charge on any atom is -0.488 e. The van der Waals surface area contributed by atoms with Crippen molar-refractivity contribution in [3.8, 4) is 11.8 Å². The van der Waals surface area contributed by atoms with E-state index in [4.69, 9.17) is 4.74 Å². The van der Waals surface area contributed by atoms with Gasteiger partial charge in [0.1, 0.15) is 18.4 Å². The molecule has 0 atom stereocenters. The highest BCUT2D eigenvalue weighted by molar-refractivity contribution is 14.1. The maximum atomic E-state index is 11.5. The molecular weight excluding hydrogens is 365 g/mol. The monoisotopic (exact) mass is 377 g/mol. The summed E-state index contributed by atoms with van der Waals surface area (Å²) in [6.45, 7) is 1.89. The number of carbonyl (C=O) groups is 1. The van der Waals surface area contributed by atoms with Gasteiger partial charge in [-0.2, -0.15) is 5.26 Å². The van der Waals surface area contributed by atoms with Crippen molar-refractivity contribution in [1.29, 1.82) is 5.26 Å². The zero-order chi connectivity index (χ0) is 14.5. The number of Topliss-reactive ketones (excluding diaryl/α,β-unsaturated/α-hetero) is 1. The van der Waals surface area contributed by atoms with Gasteiger partial charge in [0.15, 0.2) is 5.78 Å². The standard InChI is InChI=1S/C16H12INO2/c1-11(19)13-7-8-15(16(17)14(13)9-18)20-10-12-5-3-2-4-6-12/h2-8H,10H2,1H3. The van der Waals surface area contributed by atoms with Crippen molar-refractivity contribution in [2.45, 2.75) is 13.5 Å². The first-order chi connectivity index (χ1) is 9.63. The molecule has 0 aliphatic carbocycles. The van der Waals surface area contributed by atoms with E-state index < -0.39 is 0 Å². The lowest BCUT2D eigenvalue weighted by Gasteiger charge is -2.11. The van der Waals surface area contributed by atoms with E-state index in [0.29, 0.717) is 27.1 Å². The molecule has 0 saturated heterocycles. The lowest BCUT2D eigenvalue weighted by Crippen LogP contribution is -2.03. The molecule has 0 aromatic heterocycles. The Labute approximate surface area is 131 Å². The molecule has 2 aromatic rings. The highest BCUT2D eigenvalue weighted by Crippen LogP contribution is 2.28. The second-order valence-electron chi connectivity index (χ2n) is 4.24. The van der Waals surface area contributed by atoms with Crippen molar-refractivity contribution >= 4 is 28.4 Å². The van der Waals surface area contributed by atoms with Crippen molar-refractivity contribution in [2.75, 3.05) is 0 Å². The van der Waals surface area contributed by atoms with Crippen LogP contribution in [-0.2, 0) is 6.61 Å². The number of carbonyl (C=O) groups excluding carboxylic acids is 1. The molecular formula is C16H12INO2. The lowest BCUT2D eigenvalue weighted by molar-refractivity contribution is 0.101. The Balaban J connectivity index is 2.26. The zero-order valence-electron chi connectivity index (χ0n) is 10.9. The Bertz CT molecular complexity index is 675. The Morgan fingerprint density at radius 3 is 2.55 bits per heavy atom. The zero-order valence-corrected chi connectivity index (χ0v) is 13.0. The number of hydrogen-bond donors (Lipinski definition) is 0. The first kappa shape index (κ1) is 14.5. The Kier molecular flexibility index (Phi) is 4.74. The molecule has 3 nitrogen and oxygen atoms in total. The molecule has 0 aliphatic rings. The quantitative estimate of drug-likeness (QED) is 0.599. The Morgan fingerprint density at radius 2 is 1.95 bits per heavy atom. The smallest absolute Gasteiger partial charge is 0.161 e. The van der Waals surface area contributed by atoms with E-state index in [1.165, 1.54) is 6.92 Å². The van der Waals surface area contributed by atoms with Gasteiger partial charge >= 0.3 is 0 Å². The Morgan fingerprint density at radius 1 is 1.25 bits per heavy atom. The minimum absolute atomic E-state index is 0.117. The van der Waals surface area contributed by atoms with E-state index in [0.717, 1.165) is 5.56 Å². The summed E-state index contributed by atoms with van der Waals surface area (Å²) in [5.41, 5.74) is 1.87. The number of nitrogens with zero attached hydrogens (tertiary/aromatic N) is 1. The second kappa shape index (κ2) is 6.53. The maximum Gasteiger partial charge on any atom is 0.161 e. The number of ether oxygens (including phenoxy) is 1. The third-order valence-corrected chi connectivity index (χ3v) is 3.91. The molecule has 0 aliphatic heterocycles. The highest BCUT2D eigenvalue weighted by atomic mass is 127. The molecule has 0 radical (unpaired) electrons. The van der Waals surface area contributed by atoms with Crippen LogP contribution in [0, 0.1) is 14.9 Å². The third kappa shape index (κ3) is 3.17. The summed E-state index contributed by atoms with van der Waals surface area (Å²) < 4.78 is 6.40. The van der Waals surface area contributed by atoms with Gasteiger partial charge in [-0.3, -0.25) is 4.79 Å². The summed E-state index contributed by atoms with van der Waals surface area (Å²) in [5.74, 6) is 0.505. The summed E-state index contributed by atoms with van der Waals surface area (Å²) >= 11 is 2.04. The van der Waals surface area contributed by atoms with Crippen LogP contribution in [0.2, 0.25) is 0 Å². The first-order valence-corrected chi connectivity index (χ1v) is 7.11. The first-order valence-electron chi connectivity index (χ1n) is 6.03. The lowest BCUT2D eigenvalue weighted by atomic mass is 10.1. The number of nitriles is 1. The van der Waals surface area contributed by atoms with Gasteiger partial charge in [0.05, 0.1) is 9.13 Å². The van der Waals surface area contributed by atoms with Crippen LogP contribution in [-0.4, -0.2) is 5.78 Å². The van der Waals surface area contributed by atoms with Gasteiger partial charge in [-0.05, 0) is 47.2 Å². The van der Waals surface area contributed by atoms with E-state index in [9.17, 15) is 10.1 Å². The summed E-state index contributed by atoms with van der Waals surface area (Å²) in [6.07, 6.45) is 0. The molecule has 0 N–H and O–H groups in total. The summed E-state index contributed by atoms with van der Waals surface area (Å²) in [7, 11) is 0. The van der Waals surface area contributed by atoms with E-state index >= 15 is 0 Å². The van der Waals surface area contributed by atoms with Crippen molar-refractivity contribution < 1.29 is 9.53 Å². The summed E-state index contributed by atoms with van der Waals surface area (Å²) in [6, 6.07) is 15.2. The minimum atomic E-state index is -0.117. The average molecular weight is 377 g/mol. The highest BCUT2D eigenvalue weighted by Gasteiger charge is 2.14. The van der Waals surface area contributed by atoms with E-state index in [1.54, 1.807) is 12.1 Å². The second-order valence-corrected chi connectivity index (χ2v) is 5.32. The van der Waals surface area contributed by atoms with Gasteiger partial charge < -0.3 is 4.74 Å². The average Bonchev–Trinajstić information content (AvgIpc) is 2.46. The molecule has 0 fully saturated rings. The fraction of sp³-hybridized carbons (Fsp3) is 0.125. The van der Waals surface area contributed by atoms with Gasteiger partial charge in [-0.1, -0.05) is 30.3 Å². The van der Waals surface area contributed by atoms with Crippen LogP contribution < -0.4 is 4.74 Å². The largest absolute Gasteiger partial charge is 0.488 e. The van der Waals surface area contributed by atoms with Crippen LogP contribution in [0.5, 0.6) is 5.75 Å². The fourth-order valence-corrected chi connectivity index (χ4v) is 2.55. The number of halogens is 1. The molecule has 20 heavy (non-hydrogen) atoms. The van der Waals surface area contributed by atoms with Crippen LogP contribution >= 0.6 is 22.6 Å². The predicted octanol–water partition coefficient (Wildman–Crippen LogP) is 3.94. The van der Waals surface area contributed by atoms with Gasteiger partial charge in [-0.25, -0.2) is 0 Å². The molecule has 4 heteroatoms. The van der Waals surface area contributed by atoms with E-state index in [-0.39, 0.29) is 5.78 Å². The number of hydrogen-bond acceptors (Lipinski definition) is 3. The SMILES string of the molecule is CC(=O)c1ccc(OCc2ccccc2)c(I)c1C#N. The van der Waals surface area contributed by atoms with E-state index in [1.807, 2.05) is 52.9 Å². The van der Waals surface area contributed by atoms with Crippen LogP contribution in [0.25, 0.3) is 0 Å². The van der Waals surface area contributed by atoms with Crippen LogP contribution in [0.4, 0.5) is 0 Å². The topological polar surface area (TPSA) is 50.1 Å². The van der Waals surface area contributed by atoms with Crippen molar-refractivity contribution in [1.82, 2.24) is 0 Å². The van der Waals surface area contributed by atoms with Crippen LogP contribution in [0.1, 0.15) is 28.4 Å². The Hall–Kier alpha value is -1.87. The third-order valence-electron chi connectivity index (χ3n) is 2.83. The van der Waals surface area contributed by atoms with Gasteiger partial charge in [0.25, 0.3) is 0 Å². The predicted molar refractivity (Wildman–Crippen MR) is 84.7 cm³/mol. The summed E-state index contributed by atoms with van der Waals surface area (Å²) in [5, 5.41) is 9.20. The maximum absolute atomic E-state index is 11.5. The van der Waals surface area contributed by atoms with Gasteiger partial charge in [0.2, 0.25) is 0 Å². The molecule has 0 saturated carbocycles. The molecule has 100 valence electrons. The van der Waals surface area contributed by atoms with Crippen molar-refractivity contribution in [3.05, 3.63) is 62.7 Å². The molecule has 0 spiro atoms. The van der Waals surface area contributed by atoms with Gasteiger partial charge in [0, 0.05) is 5.56 Å². The number of rotatable bonds is 4. The molecule has 0 unspecified atom stereocenters. The van der Waals surface area contributed by atoms with Crippen molar-refractivity contribution in [3.63, 3.8) is 0 Å². The molecule has 0 bridgehead atoms. The molecule has 2 aromatic carbocycles. The molecule has 0 amide bonds.